The summed E-state index contributed by atoms with van der Waals surface area (Å²) in [5.41, 5.74) is 0. The van der Waals surface area contributed by atoms with E-state index in [0.29, 0.717) is 6.08 Å². The molecule has 0 aliphatic carbocycles. The monoisotopic (exact) mass is 143 g/mol. The third kappa shape index (κ3) is 4.83. The first-order chi connectivity index (χ1) is 4.66. The summed E-state index contributed by atoms with van der Waals surface area (Å²) >= 11 is 0. The first-order valence-corrected chi connectivity index (χ1v) is 2.54. The lowest BCUT2D eigenvalue weighted by Gasteiger charge is -1.91. The summed E-state index contributed by atoms with van der Waals surface area (Å²) in [5.74, 6) is -1.88. The van der Waals surface area contributed by atoms with Crippen LogP contribution in [0.4, 0.5) is 0 Å². The summed E-state index contributed by atoms with van der Waals surface area (Å²) in [5, 5.41) is 8.02. The van der Waals surface area contributed by atoms with Crippen molar-refractivity contribution >= 4 is 11.9 Å². The Bertz CT molecular complexity index is 159. The molecule has 0 aromatic rings. The van der Waals surface area contributed by atoms with Crippen molar-refractivity contribution in [1.29, 1.82) is 0 Å². The quantitative estimate of drug-likeness (QED) is 0.446. The van der Waals surface area contributed by atoms with Crippen LogP contribution in [0, 0.1) is 6.92 Å². The second-order valence-corrected chi connectivity index (χ2v) is 1.34. The fraction of sp³-hybridized carbons (Fsp3) is 0.167. The Hall–Kier alpha value is -1.32. The highest BCUT2D eigenvalue weighted by Crippen LogP contribution is 1.79. The molecule has 0 saturated heterocycles. The maximum absolute atomic E-state index is 10.3. The molecule has 4 heteroatoms. The van der Waals surface area contributed by atoms with Crippen LogP contribution in [0.2, 0.25) is 0 Å². The number of hydrogen-bond donors (Lipinski definition) is 1. The number of aliphatic carboxylic acids is 1. The average molecular weight is 143 g/mol. The van der Waals surface area contributed by atoms with E-state index >= 15 is 0 Å². The van der Waals surface area contributed by atoms with Gasteiger partial charge in [-0.1, -0.05) is 0 Å². The van der Waals surface area contributed by atoms with Crippen LogP contribution in [-0.2, 0) is 14.3 Å². The zero-order valence-corrected chi connectivity index (χ0v) is 5.24. The van der Waals surface area contributed by atoms with Crippen molar-refractivity contribution in [2.24, 2.45) is 0 Å². The van der Waals surface area contributed by atoms with E-state index < -0.39 is 11.9 Å². The highest BCUT2D eigenvalue weighted by molar-refractivity contribution is 5.90. The van der Waals surface area contributed by atoms with Crippen molar-refractivity contribution in [2.45, 2.75) is 0 Å². The minimum atomic E-state index is -1.18. The summed E-state index contributed by atoms with van der Waals surface area (Å²) in [4.78, 5) is 20.1. The molecule has 0 aliphatic rings. The SMILES string of the molecule is [CH2]COC(=O)/C=C/C(=O)O. The van der Waals surface area contributed by atoms with Crippen molar-refractivity contribution in [3.63, 3.8) is 0 Å². The summed E-state index contributed by atoms with van der Waals surface area (Å²) < 4.78 is 4.29. The molecule has 0 heterocycles. The number of carboxylic acid groups (broad SMARTS) is 1. The Morgan fingerprint density at radius 1 is 1.50 bits per heavy atom. The molecule has 0 aromatic heterocycles. The van der Waals surface area contributed by atoms with E-state index in [1.54, 1.807) is 0 Å². The predicted molar refractivity (Wildman–Crippen MR) is 33.1 cm³/mol. The molecule has 0 atom stereocenters. The number of esters is 1. The molecule has 10 heavy (non-hydrogen) atoms. The molecule has 0 amide bonds. The lowest BCUT2D eigenvalue weighted by molar-refractivity contribution is -0.137. The van der Waals surface area contributed by atoms with Gasteiger partial charge in [0.05, 0.1) is 6.61 Å². The molecule has 0 saturated carbocycles. The van der Waals surface area contributed by atoms with Crippen LogP contribution in [0.1, 0.15) is 0 Å². The van der Waals surface area contributed by atoms with Crippen LogP contribution >= 0.6 is 0 Å². The Balaban J connectivity index is 3.67. The lowest BCUT2D eigenvalue weighted by Crippen LogP contribution is -2.00. The molecule has 0 unspecified atom stereocenters. The third-order valence-corrected chi connectivity index (χ3v) is 0.606. The zero-order valence-electron chi connectivity index (χ0n) is 5.24. The van der Waals surface area contributed by atoms with Gasteiger partial charge in [0.15, 0.2) is 0 Å². The molecular weight excluding hydrogens is 136 g/mol. The van der Waals surface area contributed by atoms with Gasteiger partial charge in [-0.05, 0) is 6.92 Å². The number of rotatable bonds is 3. The Labute approximate surface area is 58.1 Å². The normalized spacial score (nSPS) is 9.70. The van der Waals surface area contributed by atoms with Crippen LogP contribution in [0.5, 0.6) is 0 Å². The number of hydrogen-bond acceptors (Lipinski definition) is 3. The van der Waals surface area contributed by atoms with Crippen molar-refractivity contribution < 1.29 is 19.4 Å². The van der Waals surface area contributed by atoms with Crippen LogP contribution < -0.4 is 0 Å². The van der Waals surface area contributed by atoms with Crippen molar-refractivity contribution in [3.05, 3.63) is 19.1 Å². The molecule has 0 bridgehead atoms. The van der Waals surface area contributed by atoms with Gasteiger partial charge in [0.2, 0.25) is 0 Å². The van der Waals surface area contributed by atoms with Crippen LogP contribution in [0.15, 0.2) is 12.2 Å². The summed E-state index contributed by atoms with van der Waals surface area (Å²) in [7, 11) is 0. The first kappa shape index (κ1) is 8.68. The fourth-order valence-electron chi connectivity index (χ4n) is 0.288. The van der Waals surface area contributed by atoms with E-state index in [9.17, 15) is 9.59 Å². The predicted octanol–water partition coefficient (Wildman–Crippen LogP) is 0.00449. The smallest absolute Gasteiger partial charge is 0.331 e. The first-order valence-electron chi connectivity index (χ1n) is 2.54. The Morgan fingerprint density at radius 3 is 2.50 bits per heavy atom. The lowest BCUT2D eigenvalue weighted by atomic mass is 10.5. The molecule has 0 aliphatic heterocycles. The topological polar surface area (TPSA) is 63.6 Å². The van der Waals surface area contributed by atoms with E-state index in [1.165, 1.54) is 0 Å². The van der Waals surface area contributed by atoms with Gasteiger partial charge in [-0.25, -0.2) is 9.59 Å². The standard InChI is InChI=1S/C6H7O4/c1-2-10-6(9)4-3-5(7)8/h3-4H,1-2H2,(H,7,8)/b4-3+. The molecule has 0 spiro atoms. The van der Waals surface area contributed by atoms with Crippen LogP contribution in [0.3, 0.4) is 0 Å². The highest BCUT2D eigenvalue weighted by atomic mass is 16.5. The Morgan fingerprint density at radius 2 is 2.10 bits per heavy atom. The minimum Gasteiger partial charge on any atom is -0.478 e. The number of ether oxygens (including phenoxy) is 1. The largest absolute Gasteiger partial charge is 0.478 e. The van der Waals surface area contributed by atoms with Gasteiger partial charge in [0.1, 0.15) is 0 Å². The minimum absolute atomic E-state index is 0.00277. The van der Waals surface area contributed by atoms with Crippen LogP contribution in [-0.4, -0.2) is 23.7 Å². The number of carboxylic acids is 1. The van der Waals surface area contributed by atoms with Gasteiger partial charge in [-0.15, -0.1) is 0 Å². The van der Waals surface area contributed by atoms with Crippen LogP contribution in [0.25, 0.3) is 0 Å². The summed E-state index contributed by atoms with van der Waals surface area (Å²) in [6.07, 6.45) is 1.53. The molecule has 1 radical (unpaired) electrons. The van der Waals surface area contributed by atoms with Crippen molar-refractivity contribution in [2.75, 3.05) is 6.61 Å². The van der Waals surface area contributed by atoms with Gasteiger partial charge in [0.25, 0.3) is 0 Å². The average Bonchev–Trinajstić information content (AvgIpc) is 1.85. The molecule has 0 fully saturated rings. The summed E-state index contributed by atoms with van der Waals surface area (Å²) in [6, 6.07) is 0. The summed E-state index contributed by atoms with van der Waals surface area (Å²) in [6.45, 7) is 3.23. The maximum atomic E-state index is 10.3. The van der Waals surface area contributed by atoms with Crippen molar-refractivity contribution in [1.82, 2.24) is 0 Å². The Kier molecular flexibility index (Phi) is 3.95. The van der Waals surface area contributed by atoms with E-state index in [4.69, 9.17) is 5.11 Å². The van der Waals surface area contributed by atoms with Gasteiger partial charge in [-0.2, -0.15) is 0 Å². The second kappa shape index (κ2) is 4.55. The molecular formula is C6H7O4. The van der Waals surface area contributed by atoms with E-state index in [0.717, 1.165) is 6.08 Å². The van der Waals surface area contributed by atoms with Gasteiger partial charge in [-0.3, -0.25) is 0 Å². The second-order valence-electron chi connectivity index (χ2n) is 1.34. The molecule has 4 nitrogen and oxygen atoms in total. The van der Waals surface area contributed by atoms with Gasteiger partial charge >= 0.3 is 11.9 Å². The molecule has 55 valence electrons. The molecule has 0 aromatic carbocycles. The number of carbonyl (C=O) groups excluding carboxylic acids is 1. The van der Waals surface area contributed by atoms with E-state index in [1.807, 2.05) is 0 Å². The number of carbonyl (C=O) groups is 2. The maximum Gasteiger partial charge on any atom is 0.331 e. The molecule has 0 rings (SSSR count). The molecule has 1 N–H and O–H groups in total. The van der Waals surface area contributed by atoms with Gasteiger partial charge in [0, 0.05) is 12.2 Å². The zero-order chi connectivity index (χ0) is 7.98. The van der Waals surface area contributed by atoms with Crippen molar-refractivity contribution in [3.8, 4) is 0 Å². The third-order valence-electron chi connectivity index (χ3n) is 0.606. The highest BCUT2D eigenvalue weighted by Gasteiger charge is 1.94. The van der Waals surface area contributed by atoms with Gasteiger partial charge < -0.3 is 9.84 Å². The van der Waals surface area contributed by atoms with E-state index in [-0.39, 0.29) is 6.61 Å². The fourth-order valence-corrected chi connectivity index (χ4v) is 0.288. The van der Waals surface area contributed by atoms with E-state index in [2.05, 4.69) is 11.7 Å².